The molecule has 0 N–H and O–H groups in total. The van der Waals surface area contributed by atoms with Crippen LogP contribution in [-0.4, -0.2) is 30.1 Å². The van der Waals surface area contributed by atoms with Gasteiger partial charge >= 0.3 is 108 Å². The number of carbonyl (C=O) groups excluding carboxylic acids is 1. The molecule has 6 nitrogen and oxygen atoms in total. The molecule has 0 spiro atoms. The first-order chi connectivity index (χ1) is 8.61. The standard InChI is InChI=1S/C11H10N4O2Se/c1-7-3-5-9(6-4-7)15-11(12-14-17)18-10(13-15)8(2)16/h3-6H,1-2H3/b12-11-. The SMILES string of the molecule is CC(=O)c1nn(-c2ccc(C)cc2)/c(=N/N=O)[se]1. The van der Waals surface area contributed by atoms with Crippen LogP contribution in [0.1, 0.15) is 21.8 Å². The third kappa shape index (κ3) is 2.52. The van der Waals surface area contributed by atoms with Crippen LogP contribution in [-0.2, 0) is 0 Å². The van der Waals surface area contributed by atoms with Crippen molar-refractivity contribution < 1.29 is 4.79 Å². The first kappa shape index (κ1) is 12.6. The first-order valence-electron chi connectivity index (χ1n) is 5.16. The molecule has 0 aliphatic carbocycles. The first-order valence-corrected chi connectivity index (χ1v) is 6.87. The molecule has 0 amide bonds. The number of hydrogen-bond acceptors (Lipinski definition) is 4. The molecule has 0 saturated heterocycles. The molecule has 1 heterocycles. The number of benzene rings is 1. The van der Waals surface area contributed by atoms with E-state index in [1.54, 1.807) is 0 Å². The summed E-state index contributed by atoms with van der Waals surface area (Å²) in [6, 6.07) is 7.57. The van der Waals surface area contributed by atoms with E-state index >= 15 is 0 Å². The minimum absolute atomic E-state index is 0.108. The number of nitroso groups, excluding NO2 is 1. The van der Waals surface area contributed by atoms with Crippen LogP contribution in [0.3, 0.4) is 0 Å². The van der Waals surface area contributed by atoms with E-state index in [1.807, 2.05) is 31.2 Å². The Bertz CT molecular complexity index is 654. The normalized spacial score (nSPS) is 11.6. The molecule has 0 radical (unpaired) electrons. The minimum atomic E-state index is -0.370. The summed E-state index contributed by atoms with van der Waals surface area (Å²) >= 11 is -0.370. The Labute approximate surface area is 109 Å². The number of nitrogens with zero attached hydrogens (tertiary/aromatic N) is 4. The van der Waals surface area contributed by atoms with Gasteiger partial charge in [0.25, 0.3) is 0 Å². The summed E-state index contributed by atoms with van der Waals surface area (Å²) in [7, 11) is 0. The third-order valence-electron chi connectivity index (χ3n) is 2.27. The quantitative estimate of drug-likeness (QED) is 0.368. The van der Waals surface area contributed by atoms with Gasteiger partial charge in [0.05, 0.1) is 0 Å². The number of ketones is 1. The molecule has 0 atom stereocenters. The van der Waals surface area contributed by atoms with E-state index in [0.717, 1.165) is 11.3 Å². The summed E-state index contributed by atoms with van der Waals surface area (Å²) in [5.74, 6) is -0.108. The maximum absolute atomic E-state index is 11.3. The van der Waals surface area contributed by atoms with Crippen LogP contribution in [0.2, 0.25) is 0 Å². The van der Waals surface area contributed by atoms with Gasteiger partial charge in [-0.2, -0.15) is 0 Å². The van der Waals surface area contributed by atoms with Crippen molar-refractivity contribution in [3.63, 3.8) is 0 Å². The number of carbonyl (C=O) groups is 1. The van der Waals surface area contributed by atoms with Crippen LogP contribution in [0.5, 0.6) is 0 Å². The number of aromatic nitrogens is 2. The Kier molecular flexibility index (Phi) is 3.64. The van der Waals surface area contributed by atoms with Crippen molar-refractivity contribution >= 4 is 20.3 Å². The monoisotopic (exact) mass is 310 g/mol. The summed E-state index contributed by atoms with van der Waals surface area (Å²) in [5.41, 5.74) is 1.88. The van der Waals surface area contributed by atoms with Gasteiger partial charge in [0.2, 0.25) is 0 Å². The van der Waals surface area contributed by atoms with Crippen molar-refractivity contribution in [3.05, 3.63) is 43.7 Å². The molecule has 1 aromatic heterocycles. The number of hydrogen-bond donors (Lipinski definition) is 0. The molecule has 7 heteroatoms. The summed E-state index contributed by atoms with van der Waals surface area (Å²) in [5, 5.41) is 10.2. The predicted octanol–water partition coefficient (Wildman–Crippen LogP) is 1.02. The molecule has 92 valence electrons. The zero-order chi connectivity index (χ0) is 13.1. The fourth-order valence-electron chi connectivity index (χ4n) is 1.38. The summed E-state index contributed by atoms with van der Waals surface area (Å²) < 4.78 is 2.36. The van der Waals surface area contributed by atoms with E-state index in [1.165, 1.54) is 11.6 Å². The van der Waals surface area contributed by atoms with Crippen LogP contribution in [0.4, 0.5) is 0 Å². The second-order valence-corrected chi connectivity index (χ2v) is 5.68. The van der Waals surface area contributed by atoms with E-state index in [-0.39, 0.29) is 20.3 Å². The van der Waals surface area contributed by atoms with Gasteiger partial charge in [-0.15, -0.1) is 0 Å². The van der Waals surface area contributed by atoms with Gasteiger partial charge in [-0.05, 0) is 0 Å². The molecule has 2 rings (SSSR count). The molecule has 0 aliphatic rings. The van der Waals surface area contributed by atoms with Crippen molar-refractivity contribution in [1.29, 1.82) is 0 Å². The van der Waals surface area contributed by atoms with E-state index in [9.17, 15) is 9.70 Å². The summed E-state index contributed by atoms with van der Waals surface area (Å²) in [6.45, 7) is 3.43. The van der Waals surface area contributed by atoms with Crippen molar-refractivity contribution in [3.8, 4) is 5.69 Å². The van der Waals surface area contributed by atoms with Crippen LogP contribution in [0, 0.1) is 11.8 Å². The summed E-state index contributed by atoms with van der Waals surface area (Å²) in [6.07, 6.45) is 0. The molecule has 0 aliphatic heterocycles. The average molecular weight is 309 g/mol. The third-order valence-corrected chi connectivity index (χ3v) is 4.36. The van der Waals surface area contributed by atoms with Gasteiger partial charge in [0.1, 0.15) is 0 Å². The van der Waals surface area contributed by atoms with Gasteiger partial charge in [-0.25, -0.2) is 0 Å². The maximum atomic E-state index is 11.3. The van der Waals surface area contributed by atoms with Gasteiger partial charge in [-0.1, -0.05) is 0 Å². The zero-order valence-corrected chi connectivity index (χ0v) is 11.5. The molecular weight excluding hydrogens is 299 g/mol. The van der Waals surface area contributed by atoms with Crippen molar-refractivity contribution in [2.45, 2.75) is 13.8 Å². The molecule has 0 bridgehead atoms. The Balaban J connectivity index is 2.62. The van der Waals surface area contributed by atoms with Crippen LogP contribution in [0.15, 0.2) is 34.7 Å². The van der Waals surface area contributed by atoms with Gasteiger partial charge in [-0.3, -0.25) is 0 Å². The second kappa shape index (κ2) is 5.20. The van der Waals surface area contributed by atoms with E-state index in [4.69, 9.17) is 0 Å². The summed E-state index contributed by atoms with van der Waals surface area (Å²) in [4.78, 5) is 21.6. The van der Waals surface area contributed by atoms with Crippen LogP contribution < -0.4 is 4.36 Å². The van der Waals surface area contributed by atoms with Crippen molar-refractivity contribution in [2.75, 3.05) is 0 Å². The fraction of sp³-hybridized carbons (Fsp3) is 0.182. The zero-order valence-electron chi connectivity index (χ0n) is 9.82. The Morgan fingerprint density at radius 2 is 2.00 bits per heavy atom. The topological polar surface area (TPSA) is 76.7 Å². The molecule has 18 heavy (non-hydrogen) atoms. The van der Waals surface area contributed by atoms with Crippen LogP contribution in [0.25, 0.3) is 5.69 Å². The average Bonchev–Trinajstić information content (AvgIpc) is 2.75. The molecule has 2 aromatic rings. The van der Waals surface area contributed by atoms with Crippen LogP contribution >= 0.6 is 0 Å². The molecule has 0 fully saturated rings. The molecule has 0 saturated carbocycles. The Morgan fingerprint density at radius 3 is 2.56 bits per heavy atom. The molecular formula is C11H10N4O2Se. The molecule has 0 unspecified atom stereocenters. The van der Waals surface area contributed by atoms with Gasteiger partial charge in [0.15, 0.2) is 0 Å². The Hall–Kier alpha value is -1.85. The predicted molar refractivity (Wildman–Crippen MR) is 66.6 cm³/mol. The molecule has 1 aromatic carbocycles. The fourth-order valence-corrected chi connectivity index (χ4v) is 2.94. The van der Waals surface area contributed by atoms with E-state index in [0.29, 0.717) is 8.93 Å². The van der Waals surface area contributed by atoms with Gasteiger partial charge in [0, 0.05) is 0 Å². The Morgan fingerprint density at radius 1 is 1.33 bits per heavy atom. The second-order valence-electron chi connectivity index (χ2n) is 3.67. The number of aryl methyl sites for hydroxylation is 1. The van der Waals surface area contributed by atoms with Crippen molar-refractivity contribution in [2.24, 2.45) is 10.4 Å². The number of Topliss-reactive ketones (excluding diaryl/α,β-unsaturated/α-hetero) is 1. The van der Waals surface area contributed by atoms with Gasteiger partial charge < -0.3 is 0 Å². The number of rotatable bonds is 3. The van der Waals surface area contributed by atoms with Crippen molar-refractivity contribution in [1.82, 2.24) is 9.78 Å². The van der Waals surface area contributed by atoms with E-state index < -0.39 is 0 Å². The van der Waals surface area contributed by atoms with E-state index in [2.05, 4.69) is 15.5 Å².